The monoisotopic (exact) mass is 500 g/mol. The fraction of sp³-hybridized carbons (Fsp3) is 0.391. The smallest absolute Gasteiger partial charge is 0.338 e. The molecule has 1 unspecified atom stereocenters. The van der Waals surface area contributed by atoms with E-state index in [0.717, 1.165) is 0 Å². The molecule has 1 aromatic carbocycles. The van der Waals surface area contributed by atoms with E-state index in [1.165, 1.54) is 31.1 Å². The van der Waals surface area contributed by atoms with Crippen LogP contribution >= 0.6 is 11.6 Å². The van der Waals surface area contributed by atoms with Gasteiger partial charge < -0.3 is 18.9 Å². The molecule has 1 saturated heterocycles. The first-order valence-electron chi connectivity index (χ1n) is 10.9. The molecule has 182 valence electrons. The first-order chi connectivity index (χ1) is 16.8. The summed E-state index contributed by atoms with van der Waals surface area (Å²) in [5.41, 5.74) is -0.210. The van der Waals surface area contributed by atoms with Crippen molar-refractivity contribution in [2.45, 2.75) is 56.8 Å². The zero-order valence-electron chi connectivity index (χ0n) is 18.8. The van der Waals surface area contributed by atoms with Crippen LogP contribution in [0.3, 0.4) is 0 Å². The molecule has 2 fully saturated rings. The molecule has 5 atom stereocenters. The van der Waals surface area contributed by atoms with Crippen molar-refractivity contribution < 1.29 is 33.3 Å². The van der Waals surface area contributed by atoms with Gasteiger partial charge in [0.25, 0.3) is 0 Å². The van der Waals surface area contributed by atoms with Crippen LogP contribution in [0.5, 0.6) is 0 Å². The van der Waals surface area contributed by atoms with E-state index in [-0.39, 0.29) is 5.15 Å². The molecule has 1 aliphatic carbocycles. The molecule has 1 aliphatic heterocycles. The second-order valence-corrected chi connectivity index (χ2v) is 8.71. The summed E-state index contributed by atoms with van der Waals surface area (Å²) in [4.78, 5) is 49.3. The van der Waals surface area contributed by atoms with Gasteiger partial charge in [0, 0.05) is 13.8 Å². The minimum atomic E-state index is -1.24. The lowest BCUT2D eigenvalue weighted by molar-refractivity contribution is -0.221. The van der Waals surface area contributed by atoms with Gasteiger partial charge in [-0.15, -0.1) is 0 Å². The molecule has 35 heavy (non-hydrogen) atoms. The molecule has 2 aromatic heterocycles. The van der Waals surface area contributed by atoms with Crippen molar-refractivity contribution in [2.24, 2.45) is 0 Å². The Balaban J connectivity index is 1.54. The highest BCUT2D eigenvalue weighted by molar-refractivity contribution is 6.33. The molecular weight excluding hydrogens is 480 g/mol. The van der Waals surface area contributed by atoms with Gasteiger partial charge in [-0.1, -0.05) is 29.8 Å². The number of fused-ring (bicyclic) bond motifs is 1. The molecule has 12 heteroatoms. The van der Waals surface area contributed by atoms with Gasteiger partial charge in [0.2, 0.25) is 0 Å². The van der Waals surface area contributed by atoms with Gasteiger partial charge in [-0.3, -0.25) is 14.2 Å². The Kier molecular flexibility index (Phi) is 5.89. The second-order valence-electron chi connectivity index (χ2n) is 8.35. The highest BCUT2D eigenvalue weighted by Crippen LogP contribution is 2.53. The second kappa shape index (κ2) is 8.90. The van der Waals surface area contributed by atoms with Crippen LogP contribution < -0.4 is 0 Å². The number of imidazole rings is 1. The van der Waals surface area contributed by atoms with Crippen LogP contribution in [-0.4, -0.2) is 61.3 Å². The number of ether oxygens (including phenoxy) is 4. The van der Waals surface area contributed by atoms with Gasteiger partial charge >= 0.3 is 17.9 Å². The van der Waals surface area contributed by atoms with Crippen molar-refractivity contribution in [3.8, 4) is 0 Å². The lowest BCUT2D eigenvalue weighted by Gasteiger charge is -2.47. The number of nitrogens with zero attached hydrogens (tertiary/aromatic N) is 4. The average molecular weight is 501 g/mol. The van der Waals surface area contributed by atoms with Gasteiger partial charge in [-0.25, -0.2) is 19.7 Å². The van der Waals surface area contributed by atoms with Gasteiger partial charge in [0.15, 0.2) is 29.2 Å². The van der Waals surface area contributed by atoms with Gasteiger partial charge in [0.05, 0.1) is 11.9 Å². The molecule has 3 heterocycles. The lowest BCUT2D eigenvalue weighted by Crippen LogP contribution is -2.62. The number of hydrogen-bond donors (Lipinski definition) is 0. The van der Waals surface area contributed by atoms with Gasteiger partial charge in [0.1, 0.15) is 23.5 Å². The average Bonchev–Trinajstić information content (AvgIpc) is 3.38. The third-order valence-corrected chi connectivity index (χ3v) is 6.46. The van der Waals surface area contributed by atoms with E-state index in [1.54, 1.807) is 30.3 Å². The third-order valence-electron chi connectivity index (χ3n) is 6.19. The summed E-state index contributed by atoms with van der Waals surface area (Å²) in [6.07, 6.45) is -0.297. The van der Waals surface area contributed by atoms with Crippen LogP contribution in [0.1, 0.15) is 43.3 Å². The first-order valence-corrected chi connectivity index (χ1v) is 11.3. The van der Waals surface area contributed by atoms with Gasteiger partial charge in [-0.05, 0) is 25.0 Å². The van der Waals surface area contributed by atoms with Crippen molar-refractivity contribution in [1.82, 2.24) is 19.5 Å². The number of aromatic nitrogens is 4. The minimum absolute atomic E-state index is 0.139. The van der Waals surface area contributed by atoms with Crippen molar-refractivity contribution in [2.75, 3.05) is 0 Å². The summed E-state index contributed by atoms with van der Waals surface area (Å²) in [7, 11) is 0. The number of esters is 3. The Labute approximate surface area is 204 Å². The maximum atomic E-state index is 12.8. The maximum absolute atomic E-state index is 12.8. The van der Waals surface area contributed by atoms with Crippen LogP contribution in [0.15, 0.2) is 43.0 Å². The summed E-state index contributed by atoms with van der Waals surface area (Å²) in [6.45, 7) is 2.49. The standard InChI is InChI=1S/C23H21ClN4O7/c1-12(29)32-17-18(33-13(2)30)23(9-8-15(23)34-22(31)14-6-4-3-5-7-14)35-21(17)28-11-27-16-19(24)25-10-26-20(16)28/h3-7,10-11,15,17-18,21H,8-9H2,1-2H3/t15-,17?,18+,21+,23+/m0/s1. The zero-order valence-corrected chi connectivity index (χ0v) is 19.5. The Hall–Kier alpha value is -3.57. The Morgan fingerprint density at radius 2 is 1.80 bits per heavy atom. The summed E-state index contributed by atoms with van der Waals surface area (Å²) in [6, 6.07) is 8.52. The Morgan fingerprint density at radius 1 is 1.06 bits per heavy atom. The summed E-state index contributed by atoms with van der Waals surface area (Å²) in [5, 5.41) is 0.139. The molecule has 0 bridgehead atoms. The van der Waals surface area contributed by atoms with Crippen molar-refractivity contribution in [3.05, 3.63) is 53.7 Å². The number of carbonyl (C=O) groups is 3. The van der Waals surface area contributed by atoms with Crippen LogP contribution in [0, 0.1) is 0 Å². The van der Waals surface area contributed by atoms with Crippen molar-refractivity contribution >= 4 is 40.7 Å². The summed E-state index contributed by atoms with van der Waals surface area (Å²) < 4.78 is 25.0. The van der Waals surface area contributed by atoms with Crippen LogP contribution in [0.2, 0.25) is 5.15 Å². The van der Waals surface area contributed by atoms with E-state index < -0.39 is 48.0 Å². The molecule has 5 rings (SSSR count). The maximum Gasteiger partial charge on any atom is 0.338 e. The molecule has 2 aliphatic rings. The number of rotatable bonds is 5. The largest absolute Gasteiger partial charge is 0.456 e. The topological polar surface area (TPSA) is 132 Å². The molecule has 0 N–H and O–H groups in total. The van der Waals surface area contributed by atoms with Gasteiger partial charge in [-0.2, -0.15) is 0 Å². The molecule has 3 aromatic rings. The van der Waals surface area contributed by atoms with E-state index >= 15 is 0 Å². The first kappa shape index (κ1) is 23.2. The summed E-state index contributed by atoms with van der Waals surface area (Å²) in [5.74, 6) is -1.75. The SMILES string of the molecule is CC(=O)OC1[C@H](n2cnc3c(Cl)ncnc32)O[C@@]2(CC[C@@H]2OC(=O)c2ccccc2)[C@@H]1OC(C)=O. The fourth-order valence-corrected chi connectivity index (χ4v) is 4.78. The molecule has 1 spiro atoms. The highest BCUT2D eigenvalue weighted by Gasteiger charge is 2.68. The number of hydrogen-bond acceptors (Lipinski definition) is 10. The van der Waals surface area contributed by atoms with E-state index in [2.05, 4.69) is 15.0 Å². The van der Waals surface area contributed by atoms with Crippen molar-refractivity contribution in [3.63, 3.8) is 0 Å². The van der Waals surface area contributed by atoms with E-state index in [9.17, 15) is 14.4 Å². The zero-order chi connectivity index (χ0) is 24.7. The molecule has 1 saturated carbocycles. The van der Waals surface area contributed by atoms with Crippen LogP contribution in [0.4, 0.5) is 0 Å². The highest BCUT2D eigenvalue weighted by atomic mass is 35.5. The van der Waals surface area contributed by atoms with E-state index in [4.69, 9.17) is 30.5 Å². The predicted octanol–water partition coefficient (Wildman–Crippen LogP) is 2.63. The third kappa shape index (κ3) is 4.00. The minimum Gasteiger partial charge on any atom is -0.456 e. The molecular formula is C23H21ClN4O7. The number of halogens is 1. The van der Waals surface area contributed by atoms with Crippen LogP contribution in [0.25, 0.3) is 11.2 Å². The molecule has 11 nitrogen and oxygen atoms in total. The number of carbonyl (C=O) groups excluding carboxylic acids is 3. The lowest BCUT2D eigenvalue weighted by atomic mass is 9.72. The molecule has 0 radical (unpaired) electrons. The summed E-state index contributed by atoms with van der Waals surface area (Å²) >= 11 is 6.15. The normalized spacial score (nSPS) is 27.4. The van der Waals surface area contributed by atoms with Crippen LogP contribution in [-0.2, 0) is 28.5 Å². The quantitative estimate of drug-likeness (QED) is 0.292. The van der Waals surface area contributed by atoms with E-state index in [1.807, 2.05) is 0 Å². The van der Waals surface area contributed by atoms with E-state index in [0.29, 0.717) is 29.6 Å². The van der Waals surface area contributed by atoms with Crippen molar-refractivity contribution in [1.29, 1.82) is 0 Å². The Morgan fingerprint density at radius 3 is 2.46 bits per heavy atom. The fourth-order valence-electron chi connectivity index (χ4n) is 4.61. The molecule has 0 amide bonds. The Bertz CT molecular complexity index is 1300. The predicted molar refractivity (Wildman–Crippen MR) is 119 cm³/mol. The number of benzene rings is 1.